The smallest absolute Gasteiger partial charge is 0.242 e. The van der Waals surface area contributed by atoms with Crippen molar-refractivity contribution < 1.29 is 18.0 Å². The van der Waals surface area contributed by atoms with Crippen LogP contribution in [0.3, 0.4) is 0 Å². The zero-order valence-corrected chi connectivity index (χ0v) is 23.5. The third-order valence-electron chi connectivity index (χ3n) is 6.29. The molecule has 0 fully saturated rings. The maximum Gasteiger partial charge on any atom is 0.242 e. The third-order valence-corrected chi connectivity index (χ3v) is 7.48. The van der Waals surface area contributed by atoms with E-state index in [1.165, 1.54) is 10.6 Å². The van der Waals surface area contributed by atoms with Gasteiger partial charge in [0, 0.05) is 25.6 Å². The van der Waals surface area contributed by atoms with E-state index < -0.39 is 16.1 Å². The van der Waals surface area contributed by atoms with Gasteiger partial charge in [-0.2, -0.15) is 0 Å². The molecule has 0 aliphatic rings. The number of anilines is 1. The minimum atomic E-state index is -3.52. The number of hydrogen-bond donors (Lipinski definition) is 1. The minimum Gasteiger partial charge on any atom is -0.352 e. The summed E-state index contributed by atoms with van der Waals surface area (Å²) in [5, 5.41) is 2.97. The van der Waals surface area contributed by atoms with Crippen LogP contribution in [-0.4, -0.2) is 50.0 Å². The zero-order chi connectivity index (χ0) is 27.0. The lowest BCUT2D eigenvalue weighted by Crippen LogP contribution is -2.49. The fourth-order valence-corrected chi connectivity index (χ4v) is 4.99. The number of nitrogens with zero attached hydrogens (tertiary/aromatic N) is 2. The molecule has 8 heteroatoms. The minimum absolute atomic E-state index is 0.0115. The molecule has 2 aromatic rings. The van der Waals surface area contributed by atoms with E-state index in [9.17, 15) is 18.0 Å². The summed E-state index contributed by atoms with van der Waals surface area (Å²) < 4.78 is 26.4. The Kier molecular flexibility index (Phi) is 10.5. The van der Waals surface area contributed by atoms with Gasteiger partial charge in [-0.15, -0.1) is 0 Å². The predicted molar refractivity (Wildman–Crippen MR) is 146 cm³/mol. The molecule has 0 unspecified atom stereocenters. The summed E-state index contributed by atoms with van der Waals surface area (Å²) >= 11 is 0. The summed E-state index contributed by atoms with van der Waals surface area (Å²) in [6.45, 7) is 12.0. The highest BCUT2D eigenvalue weighted by Gasteiger charge is 2.27. The number of sulfonamides is 1. The van der Waals surface area contributed by atoms with Crippen LogP contribution in [0.25, 0.3) is 0 Å². The van der Waals surface area contributed by atoms with E-state index in [1.807, 2.05) is 77.1 Å². The number of benzene rings is 2. The predicted octanol–water partition coefficient (Wildman–Crippen LogP) is 4.49. The van der Waals surface area contributed by atoms with Crippen LogP contribution in [0.2, 0.25) is 0 Å². The lowest BCUT2D eigenvalue weighted by molar-refractivity contribution is -0.140. The molecule has 2 amide bonds. The fourth-order valence-electron chi connectivity index (χ4n) is 4.04. The van der Waals surface area contributed by atoms with Crippen LogP contribution in [0.1, 0.15) is 62.3 Å². The highest BCUT2D eigenvalue weighted by Crippen LogP contribution is 2.22. The molecule has 0 radical (unpaired) electrons. The molecule has 2 rings (SSSR count). The third kappa shape index (κ3) is 8.66. The Morgan fingerprint density at radius 1 is 0.944 bits per heavy atom. The number of aryl methyl sites for hydroxylation is 3. The van der Waals surface area contributed by atoms with Gasteiger partial charge in [-0.05, 0) is 76.3 Å². The van der Waals surface area contributed by atoms with Gasteiger partial charge in [-0.1, -0.05) is 42.8 Å². The van der Waals surface area contributed by atoms with Crippen LogP contribution in [0.15, 0.2) is 42.5 Å². The molecule has 0 saturated carbocycles. The molecule has 1 N–H and O–H groups in total. The molecular weight excluding hydrogens is 474 g/mol. The molecule has 0 heterocycles. The molecule has 0 bridgehead atoms. The summed E-state index contributed by atoms with van der Waals surface area (Å²) in [6, 6.07) is 12.9. The van der Waals surface area contributed by atoms with Crippen LogP contribution < -0.4 is 9.62 Å². The van der Waals surface area contributed by atoms with Crippen LogP contribution in [0.4, 0.5) is 5.69 Å². The fraction of sp³-hybridized carbons (Fsp3) is 0.500. The van der Waals surface area contributed by atoms with Gasteiger partial charge in [0.05, 0.1) is 11.9 Å². The highest BCUT2D eigenvalue weighted by atomic mass is 32.2. The van der Waals surface area contributed by atoms with Crippen molar-refractivity contribution >= 4 is 27.5 Å². The average Bonchev–Trinajstić information content (AvgIpc) is 2.79. The SMILES string of the molecule is CC[C@H](C)NC(=O)[C@H](C)N(Cc1ccc(C)cc1)C(=O)CCCN(c1cc(C)cc(C)c1)S(C)(=O)=O. The first-order valence-electron chi connectivity index (χ1n) is 12.5. The second-order valence-electron chi connectivity index (χ2n) is 9.79. The lowest BCUT2D eigenvalue weighted by atomic mass is 10.1. The molecule has 2 aromatic carbocycles. The molecule has 0 aliphatic heterocycles. The maximum absolute atomic E-state index is 13.4. The highest BCUT2D eigenvalue weighted by molar-refractivity contribution is 7.92. The Balaban J connectivity index is 2.19. The molecule has 0 aliphatic carbocycles. The number of carbonyl (C=O) groups is 2. The van der Waals surface area contributed by atoms with Crippen molar-refractivity contribution in [2.75, 3.05) is 17.1 Å². The zero-order valence-electron chi connectivity index (χ0n) is 22.7. The van der Waals surface area contributed by atoms with Gasteiger partial charge in [-0.3, -0.25) is 13.9 Å². The normalized spacial score (nSPS) is 13.1. The molecule has 0 saturated heterocycles. The monoisotopic (exact) mass is 515 g/mol. The molecular formula is C28H41N3O4S. The average molecular weight is 516 g/mol. The molecule has 2 atom stereocenters. The maximum atomic E-state index is 13.4. The summed E-state index contributed by atoms with van der Waals surface area (Å²) in [7, 11) is -3.52. The van der Waals surface area contributed by atoms with E-state index in [0.29, 0.717) is 18.7 Å². The Hall–Kier alpha value is -2.87. The van der Waals surface area contributed by atoms with Crippen molar-refractivity contribution in [1.82, 2.24) is 10.2 Å². The molecule has 198 valence electrons. The quantitative estimate of drug-likeness (QED) is 0.451. The Bertz CT molecular complexity index is 1130. The summed E-state index contributed by atoms with van der Waals surface area (Å²) in [4.78, 5) is 27.8. The Labute approximate surface area is 216 Å². The van der Waals surface area contributed by atoms with Gasteiger partial charge >= 0.3 is 0 Å². The largest absolute Gasteiger partial charge is 0.352 e. The van der Waals surface area contributed by atoms with Crippen molar-refractivity contribution in [2.45, 2.75) is 79.4 Å². The van der Waals surface area contributed by atoms with Gasteiger partial charge < -0.3 is 10.2 Å². The van der Waals surface area contributed by atoms with Crippen LogP contribution in [0.5, 0.6) is 0 Å². The summed E-state index contributed by atoms with van der Waals surface area (Å²) in [6.07, 6.45) is 2.44. The standard InChI is InChI=1S/C28H41N3O4S/c1-8-23(5)29-28(33)24(6)30(19-25-13-11-20(2)12-14-25)27(32)10-9-15-31(36(7,34)35)26-17-21(3)16-22(4)18-26/h11-14,16-18,23-24H,8-10,15,19H2,1-7H3,(H,29,33)/t23-,24-/m0/s1. The van der Waals surface area contributed by atoms with Crippen molar-refractivity contribution in [3.05, 3.63) is 64.7 Å². The van der Waals surface area contributed by atoms with Gasteiger partial charge in [0.1, 0.15) is 6.04 Å². The van der Waals surface area contributed by atoms with E-state index in [2.05, 4.69) is 5.32 Å². The second kappa shape index (κ2) is 12.9. The van der Waals surface area contributed by atoms with E-state index in [1.54, 1.807) is 11.8 Å². The number of carbonyl (C=O) groups excluding carboxylic acids is 2. The van der Waals surface area contributed by atoms with Crippen LogP contribution in [0, 0.1) is 20.8 Å². The van der Waals surface area contributed by atoms with Gasteiger partial charge in [0.2, 0.25) is 21.8 Å². The molecule has 36 heavy (non-hydrogen) atoms. The second-order valence-corrected chi connectivity index (χ2v) is 11.7. The lowest BCUT2D eigenvalue weighted by Gasteiger charge is -2.30. The summed E-state index contributed by atoms with van der Waals surface area (Å²) in [5.74, 6) is -0.380. The summed E-state index contributed by atoms with van der Waals surface area (Å²) in [5.41, 5.74) is 4.59. The number of rotatable bonds is 12. The molecule has 7 nitrogen and oxygen atoms in total. The van der Waals surface area contributed by atoms with Gasteiger partial charge in [-0.25, -0.2) is 8.42 Å². The first-order valence-corrected chi connectivity index (χ1v) is 14.4. The van der Waals surface area contributed by atoms with Crippen LogP contribution in [-0.2, 0) is 26.2 Å². The molecule has 0 aromatic heterocycles. The number of amides is 2. The van der Waals surface area contributed by atoms with E-state index in [4.69, 9.17) is 0 Å². The van der Waals surface area contributed by atoms with Crippen molar-refractivity contribution in [3.63, 3.8) is 0 Å². The van der Waals surface area contributed by atoms with Crippen molar-refractivity contribution in [2.24, 2.45) is 0 Å². The van der Waals surface area contributed by atoms with Gasteiger partial charge in [0.15, 0.2) is 0 Å². The van der Waals surface area contributed by atoms with E-state index in [-0.39, 0.29) is 30.8 Å². The van der Waals surface area contributed by atoms with Gasteiger partial charge in [0.25, 0.3) is 0 Å². The van der Waals surface area contributed by atoms with Crippen molar-refractivity contribution in [3.8, 4) is 0 Å². The molecule has 0 spiro atoms. The van der Waals surface area contributed by atoms with Crippen molar-refractivity contribution in [1.29, 1.82) is 0 Å². The number of hydrogen-bond acceptors (Lipinski definition) is 4. The Morgan fingerprint density at radius 2 is 1.53 bits per heavy atom. The topological polar surface area (TPSA) is 86.8 Å². The van der Waals surface area contributed by atoms with E-state index in [0.717, 1.165) is 28.7 Å². The first kappa shape index (κ1) is 29.4. The van der Waals surface area contributed by atoms with Crippen LogP contribution >= 0.6 is 0 Å². The Morgan fingerprint density at radius 3 is 2.06 bits per heavy atom. The first-order chi connectivity index (χ1) is 16.8. The van der Waals surface area contributed by atoms with E-state index >= 15 is 0 Å². The number of nitrogens with one attached hydrogen (secondary N) is 1.